The van der Waals surface area contributed by atoms with Gasteiger partial charge in [0.2, 0.25) is 12.0 Å². The van der Waals surface area contributed by atoms with Gasteiger partial charge in [-0.3, -0.25) is 9.69 Å². The van der Waals surface area contributed by atoms with Crippen molar-refractivity contribution in [2.75, 3.05) is 70.1 Å². The molecule has 4 rings (SSSR count). The van der Waals surface area contributed by atoms with E-state index in [2.05, 4.69) is 5.16 Å². The van der Waals surface area contributed by atoms with E-state index < -0.39 is 12.1 Å². The zero-order valence-corrected chi connectivity index (χ0v) is 17.9. The summed E-state index contributed by atoms with van der Waals surface area (Å²) in [5.74, 6) is -0.325. The number of fused-ring (bicyclic) bond motifs is 1. The molecule has 2 aromatic rings. The molecule has 31 heavy (non-hydrogen) atoms. The van der Waals surface area contributed by atoms with Gasteiger partial charge in [-0.25, -0.2) is 4.39 Å². The van der Waals surface area contributed by atoms with Gasteiger partial charge in [-0.1, -0.05) is 5.16 Å². The van der Waals surface area contributed by atoms with Gasteiger partial charge in [-0.2, -0.15) is 0 Å². The van der Waals surface area contributed by atoms with Gasteiger partial charge >= 0.3 is 0 Å². The standard InChI is InChI=1S/C19H24FN3O6.CH4O/c1-12-10-22(4-6-26-12)16-13(19-27-7-8-28-19)9-14-17(15(16)20)29-21-18(14)23(11-24)3-5-25-2;1-2/h9,11-12,19H,3-8,10H2,1-2H3;2H,1H3. The summed E-state index contributed by atoms with van der Waals surface area (Å²) in [4.78, 5) is 14.8. The van der Waals surface area contributed by atoms with Crippen LogP contribution in [0.4, 0.5) is 15.9 Å². The molecule has 172 valence electrons. The van der Waals surface area contributed by atoms with E-state index in [-0.39, 0.29) is 24.0 Å². The van der Waals surface area contributed by atoms with Crippen LogP contribution in [0.3, 0.4) is 0 Å². The lowest BCUT2D eigenvalue weighted by molar-refractivity contribution is -0.107. The number of halogens is 1. The lowest BCUT2D eigenvalue weighted by atomic mass is 10.1. The van der Waals surface area contributed by atoms with Crippen molar-refractivity contribution in [3.8, 4) is 0 Å². The smallest absolute Gasteiger partial charge is 0.215 e. The first-order valence-corrected chi connectivity index (χ1v) is 10.0. The molecule has 1 amide bonds. The maximum atomic E-state index is 15.7. The van der Waals surface area contributed by atoms with Gasteiger partial charge in [-0.05, 0) is 13.0 Å². The Morgan fingerprint density at radius 1 is 1.32 bits per heavy atom. The number of methoxy groups -OCH3 is 1. The summed E-state index contributed by atoms with van der Waals surface area (Å²) in [6, 6.07) is 1.74. The fraction of sp³-hybridized carbons (Fsp3) is 0.600. The largest absolute Gasteiger partial charge is 0.400 e. The van der Waals surface area contributed by atoms with Crippen molar-refractivity contribution >= 4 is 28.9 Å². The van der Waals surface area contributed by atoms with Crippen molar-refractivity contribution in [1.29, 1.82) is 0 Å². The van der Waals surface area contributed by atoms with Crippen LogP contribution >= 0.6 is 0 Å². The van der Waals surface area contributed by atoms with Crippen LogP contribution < -0.4 is 9.80 Å². The molecule has 2 aliphatic rings. The zero-order valence-electron chi connectivity index (χ0n) is 17.9. The summed E-state index contributed by atoms with van der Waals surface area (Å²) in [7, 11) is 2.53. The fourth-order valence-electron chi connectivity index (χ4n) is 3.70. The van der Waals surface area contributed by atoms with Crippen molar-refractivity contribution in [3.05, 3.63) is 17.4 Å². The quantitative estimate of drug-likeness (QED) is 0.639. The molecule has 1 aromatic carbocycles. The topological polar surface area (TPSA) is 107 Å². The minimum absolute atomic E-state index is 0.0137. The van der Waals surface area contributed by atoms with Gasteiger partial charge in [0.1, 0.15) is 0 Å². The Kier molecular flexibility index (Phi) is 8.15. The molecule has 11 heteroatoms. The van der Waals surface area contributed by atoms with E-state index in [1.165, 1.54) is 12.0 Å². The molecular weight excluding hydrogens is 413 g/mol. The molecule has 3 heterocycles. The van der Waals surface area contributed by atoms with E-state index >= 15 is 4.39 Å². The maximum Gasteiger partial charge on any atom is 0.215 e. The number of aliphatic hydroxyl groups excluding tert-OH is 1. The molecule has 2 fully saturated rings. The summed E-state index contributed by atoms with van der Waals surface area (Å²) < 4.78 is 42.9. The number of morpholine rings is 1. The minimum Gasteiger partial charge on any atom is -0.400 e. The predicted molar refractivity (Wildman–Crippen MR) is 110 cm³/mol. The number of benzene rings is 1. The van der Waals surface area contributed by atoms with Gasteiger partial charge in [-0.15, -0.1) is 0 Å². The van der Waals surface area contributed by atoms with E-state index in [0.29, 0.717) is 62.6 Å². The van der Waals surface area contributed by atoms with Crippen LogP contribution in [0.5, 0.6) is 0 Å². The molecule has 2 saturated heterocycles. The third-order valence-electron chi connectivity index (χ3n) is 5.06. The molecule has 2 aliphatic heterocycles. The lowest BCUT2D eigenvalue weighted by Gasteiger charge is -2.34. The summed E-state index contributed by atoms with van der Waals surface area (Å²) >= 11 is 0. The number of amides is 1. The predicted octanol–water partition coefficient (Wildman–Crippen LogP) is 1.46. The second-order valence-corrected chi connectivity index (χ2v) is 7.00. The lowest BCUT2D eigenvalue weighted by Crippen LogP contribution is -2.42. The second-order valence-electron chi connectivity index (χ2n) is 7.00. The van der Waals surface area contributed by atoms with Crippen LogP contribution in [0.1, 0.15) is 18.8 Å². The number of ether oxygens (including phenoxy) is 4. The van der Waals surface area contributed by atoms with Crippen LogP contribution in [0.25, 0.3) is 11.0 Å². The third kappa shape index (κ3) is 4.80. The molecule has 0 bridgehead atoms. The van der Waals surface area contributed by atoms with Crippen molar-refractivity contribution in [2.24, 2.45) is 0 Å². The van der Waals surface area contributed by atoms with E-state index in [9.17, 15) is 4.79 Å². The number of carbonyl (C=O) groups is 1. The Bertz CT molecular complexity index is 872. The second kappa shape index (κ2) is 10.8. The van der Waals surface area contributed by atoms with Crippen LogP contribution in [-0.4, -0.2) is 83.1 Å². The highest BCUT2D eigenvalue weighted by molar-refractivity contribution is 5.96. The van der Waals surface area contributed by atoms with Crippen LogP contribution in [-0.2, 0) is 23.7 Å². The Morgan fingerprint density at radius 3 is 2.71 bits per heavy atom. The monoisotopic (exact) mass is 441 g/mol. The molecule has 1 N–H and O–H groups in total. The Morgan fingerprint density at radius 2 is 2.06 bits per heavy atom. The summed E-state index contributed by atoms with van der Waals surface area (Å²) in [5, 5.41) is 11.3. The van der Waals surface area contributed by atoms with Gasteiger partial charge in [0, 0.05) is 32.9 Å². The first-order valence-electron chi connectivity index (χ1n) is 10.0. The summed E-state index contributed by atoms with van der Waals surface area (Å²) in [6.45, 7) is 4.90. The van der Waals surface area contributed by atoms with Crippen LogP contribution in [0, 0.1) is 5.82 Å². The summed E-state index contributed by atoms with van der Waals surface area (Å²) in [5.41, 5.74) is 0.889. The number of hydrogen-bond acceptors (Lipinski definition) is 9. The maximum absolute atomic E-state index is 15.7. The van der Waals surface area contributed by atoms with Crippen molar-refractivity contribution in [2.45, 2.75) is 19.3 Å². The Balaban J connectivity index is 0.00000132. The molecule has 0 spiro atoms. The highest BCUT2D eigenvalue weighted by Crippen LogP contribution is 2.41. The SMILES string of the molecule is CO.COCCN(C=O)c1noc2c(F)c(N3CCOC(C)C3)c(C3OCCO3)cc12. The van der Waals surface area contributed by atoms with Gasteiger partial charge in [0.15, 0.2) is 17.9 Å². The van der Waals surface area contributed by atoms with E-state index in [0.717, 1.165) is 7.11 Å². The number of aliphatic hydroxyl groups is 1. The van der Waals surface area contributed by atoms with Crippen molar-refractivity contribution < 1.29 is 37.8 Å². The van der Waals surface area contributed by atoms with Crippen LogP contribution in [0.2, 0.25) is 0 Å². The minimum atomic E-state index is -0.701. The van der Waals surface area contributed by atoms with Crippen molar-refractivity contribution in [3.63, 3.8) is 0 Å². The number of carbonyl (C=O) groups excluding carboxylic acids is 1. The average Bonchev–Trinajstić information content (AvgIpc) is 3.46. The Hall–Kier alpha value is -2.31. The highest BCUT2D eigenvalue weighted by atomic mass is 19.1. The number of aromatic nitrogens is 1. The molecule has 0 radical (unpaired) electrons. The Labute approximate surface area is 179 Å². The van der Waals surface area contributed by atoms with E-state index in [4.69, 9.17) is 28.6 Å². The number of rotatable bonds is 7. The average molecular weight is 441 g/mol. The third-order valence-corrected chi connectivity index (χ3v) is 5.06. The number of hydrogen-bond donors (Lipinski definition) is 1. The van der Waals surface area contributed by atoms with Crippen LogP contribution in [0.15, 0.2) is 10.6 Å². The number of nitrogens with zero attached hydrogens (tertiary/aromatic N) is 3. The molecule has 0 saturated carbocycles. The van der Waals surface area contributed by atoms with Gasteiger partial charge in [0.25, 0.3) is 0 Å². The normalized spacial score (nSPS) is 19.4. The van der Waals surface area contributed by atoms with Gasteiger partial charge in [0.05, 0.1) is 50.1 Å². The van der Waals surface area contributed by atoms with E-state index in [1.807, 2.05) is 11.8 Å². The summed E-state index contributed by atoms with van der Waals surface area (Å²) in [6.07, 6.45) is -0.121. The first-order chi connectivity index (χ1) is 15.1. The highest BCUT2D eigenvalue weighted by Gasteiger charge is 2.32. The molecule has 1 atom stereocenters. The molecule has 10 nitrogen and oxygen atoms in total. The number of anilines is 2. The molecule has 0 aliphatic carbocycles. The molecule has 1 aromatic heterocycles. The first kappa shape index (κ1) is 23.4. The van der Waals surface area contributed by atoms with Crippen molar-refractivity contribution in [1.82, 2.24) is 5.16 Å². The van der Waals surface area contributed by atoms with Gasteiger partial charge < -0.3 is 33.5 Å². The zero-order chi connectivity index (χ0) is 22.4. The molecular formula is C20H28FN3O7. The molecule has 1 unspecified atom stereocenters. The fourth-order valence-corrected chi connectivity index (χ4v) is 3.70. The van der Waals surface area contributed by atoms with E-state index in [1.54, 1.807) is 6.07 Å².